The van der Waals surface area contributed by atoms with E-state index in [-0.39, 0.29) is 23.1 Å². The maximum Gasteiger partial charge on any atom is 0.237 e. The summed E-state index contributed by atoms with van der Waals surface area (Å²) in [5, 5.41) is 3.56. The third kappa shape index (κ3) is 8.35. The molecular weight excluding hydrogens is 609 g/mol. The lowest BCUT2D eigenvalue weighted by Crippen LogP contribution is -2.49. The number of methoxy groups -OCH3 is 1. The first-order valence-electron chi connectivity index (χ1n) is 15.5. The van der Waals surface area contributed by atoms with Crippen LogP contribution in [0.2, 0.25) is 16.6 Å². The van der Waals surface area contributed by atoms with Crippen LogP contribution in [-0.4, -0.2) is 70.4 Å². The first-order valence-corrected chi connectivity index (χ1v) is 19.6. The second-order valence-electron chi connectivity index (χ2n) is 12.8. The highest BCUT2D eigenvalue weighted by Crippen LogP contribution is 2.42. The fourth-order valence-electron chi connectivity index (χ4n) is 6.39. The Bertz CT molecular complexity index is 1550. The van der Waals surface area contributed by atoms with Crippen molar-refractivity contribution in [2.75, 3.05) is 26.6 Å². The van der Waals surface area contributed by atoms with Gasteiger partial charge in [-0.15, -0.1) is 0 Å². The number of hydrogen-bond donors (Lipinski definition) is 2. The predicted molar refractivity (Wildman–Crippen MR) is 180 cm³/mol. The molecule has 3 aromatic rings. The highest BCUT2D eigenvalue weighted by atomic mass is 32.2. The van der Waals surface area contributed by atoms with Crippen LogP contribution in [0, 0.1) is 0 Å². The molecule has 1 aromatic carbocycles. The van der Waals surface area contributed by atoms with Gasteiger partial charge in [0.15, 0.2) is 23.2 Å². The number of ether oxygens (including phenoxy) is 3. The zero-order valence-corrected chi connectivity index (χ0v) is 29.7. The Morgan fingerprint density at radius 3 is 2.20 bits per heavy atom. The monoisotopic (exact) mass is 656 g/mol. The fraction of sp³-hybridized carbons (Fsp3) is 0.515. The Morgan fingerprint density at radius 2 is 1.60 bits per heavy atom. The van der Waals surface area contributed by atoms with Crippen LogP contribution in [0.15, 0.2) is 53.8 Å². The molecule has 0 amide bonds. The molecule has 2 atom stereocenters. The average Bonchev–Trinajstić information content (AvgIpc) is 3.63. The number of hydrogen-bond acceptors (Lipinski definition) is 9. The molecule has 0 bridgehead atoms. The summed E-state index contributed by atoms with van der Waals surface area (Å²) < 4.78 is 47.8. The van der Waals surface area contributed by atoms with Gasteiger partial charge in [-0.05, 0) is 54.2 Å². The van der Waals surface area contributed by atoms with Gasteiger partial charge in [-0.1, -0.05) is 47.6 Å². The molecule has 0 saturated heterocycles. The van der Waals surface area contributed by atoms with Crippen LogP contribution in [0.1, 0.15) is 60.6 Å². The van der Waals surface area contributed by atoms with E-state index in [1.807, 2.05) is 25.1 Å². The quantitative estimate of drug-likeness (QED) is 0.167. The topological polar surface area (TPSA) is 125 Å². The summed E-state index contributed by atoms with van der Waals surface area (Å²) >= 11 is 0. The van der Waals surface area contributed by atoms with Gasteiger partial charge >= 0.3 is 0 Å². The minimum atomic E-state index is -3.47. The summed E-state index contributed by atoms with van der Waals surface area (Å²) in [5.74, 6) is 1.22. The summed E-state index contributed by atoms with van der Waals surface area (Å²) in [7, 11) is -3.78. The van der Waals surface area contributed by atoms with E-state index >= 15 is 0 Å². The highest BCUT2D eigenvalue weighted by Gasteiger charge is 2.45. The lowest BCUT2D eigenvalue weighted by atomic mass is 10.1. The van der Waals surface area contributed by atoms with Crippen molar-refractivity contribution in [3.8, 4) is 28.6 Å². The van der Waals surface area contributed by atoms with E-state index in [1.165, 1.54) is 12.4 Å². The Balaban J connectivity index is 1.52. The molecule has 0 radical (unpaired) electrons. The first-order chi connectivity index (χ1) is 21.2. The molecule has 1 aliphatic heterocycles. The van der Waals surface area contributed by atoms with Crippen LogP contribution in [-0.2, 0) is 19.0 Å². The number of nitrogens with one attached hydrogen (secondary N) is 2. The summed E-state index contributed by atoms with van der Waals surface area (Å²) in [6.07, 6.45) is 6.49. The van der Waals surface area contributed by atoms with Gasteiger partial charge in [0, 0.05) is 30.7 Å². The Hall–Kier alpha value is -3.19. The average molecular weight is 657 g/mol. The van der Waals surface area contributed by atoms with Crippen LogP contribution in [0.25, 0.3) is 17.0 Å². The van der Waals surface area contributed by atoms with Crippen molar-refractivity contribution in [2.45, 2.75) is 88.7 Å². The van der Waals surface area contributed by atoms with Gasteiger partial charge in [0.1, 0.15) is 17.6 Å². The molecular formula is C33H48N4O6SSi. The summed E-state index contributed by atoms with van der Waals surface area (Å²) in [6, 6.07) is 9.88. The van der Waals surface area contributed by atoms with E-state index in [2.05, 4.69) is 74.0 Å². The van der Waals surface area contributed by atoms with Crippen LogP contribution < -0.4 is 14.8 Å². The molecule has 2 N–H and O–H groups in total. The summed E-state index contributed by atoms with van der Waals surface area (Å²) in [6.45, 7) is 16.9. The second kappa shape index (κ2) is 14.5. The van der Waals surface area contributed by atoms with Crippen LogP contribution in [0.4, 0.5) is 0 Å². The Labute approximate surface area is 269 Å². The lowest BCUT2D eigenvalue weighted by Gasteiger charge is -2.42. The number of sulfone groups is 1. The molecule has 0 spiro atoms. The van der Waals surface area contributed by atoms with Crippen LogP contribution >= 0.6 is 0 Å². The molecule has 2 aromatic heterocycles. The molecule has 4 rings (SSSR count). The number of rotatable bonds is 15. The molecule has 0 fully saturated rings. The van der Waals surface area contributed by atoms with Gasteiger partial charge in [-0.3, -0.25) is 0 Å². The van der Waals surface area contributed by atoms with E-state index in [1.54, 1.807) is 13.2 Å². The van der Waals surface area contributed by atoms with Crippen molar-refractivity contribution in [1.29, 1.82) is 0 Å². The van der Waals surface area contributed by atoms with E-state index in [0.717, 1.165) is 35.3 Å². The highest BCUT2D eigenvalue weighted by molar-refractivity contribution is 7.90. The Morgan fingerprint density at radius 1 is 0.933 bits per heavy atom. The SMILES string of the molecule is COC[C@H](C)Oc1cc(Oc2cnc(S(C)(=O)=O)cn2)cc(-c2ccc(C3=CC[C@H](CO[Si](C(C)C)(C(C)C)C(C)C)N3)[nH]2)c1. The van der Waals surface area contributed by atoms with Crippen molar-refractivity contribution in [1.82, 2.24) is 20.3 Å². The van der Waals surface area contributed by atoms with E-state index in [0.29, 0.717) is 41.3 Å². The number of aromatic nitrogens is 3. The molecule has 3 heterocycles. The zero-order chi connectivity index (χ0) is 32.9. The fourth-order valence-corrected chi connectivity index (χ4v) is 12.4. The molecule has 12 heteroatoms. The smallest absolute Gasteiger partial charge is 0.237 e. The van der Waals surface area contributed by atoms with E-state index in [4.69, 9.17) is 18.6 Å². The van der Waals surface area contributed by atoms with E-state index in [9.17, 15) is 8.42 Å². The van der Waals surface area contributed by atoms with Crippen molar-refractivity contribution < 1.29 is 27.1 Å². The summed E-state index contributed by atoms with van der Waals surface area (Å²) in [4.78, 5) is 11.7. The van der Waals surface area contributed by atoms with Gasteiger partial charge in [-0.25, -0.2) is 18.4 Å². The number of H-pyrrole nitrogens is 1. The molecule has 246 valence electrons. The molecule has 0 unspecified atom stereocenters. The second-order valence-corrected chi connectivity index (χ2v) is 20.2. The van der Waals surface area contributed by atoms with Gasteiger partial charge < -0.3 is 28.9 Å². The van der Waals surface area contributed by atoms with E-state index < -0.39 is 18.2 Å². The van der Waals surface area contributed by atoms with Gasteiger partial charge in [0.25, 0.3) is 0 Å². The standard InChI is InChI=1S/C33H48N4O6SSi/c1-21(2)45(22(3)4,23(5)6)41-20-26-10-11-30(36-26)31-13-12-29(37-31)25-14-27(42-24(7)19-40-8)16-28(15-25)43-32-17-35-33(18-34-32)44(9,38)39/h11-18,21-24,26,36-37H,10,19-20H2,1-9H3/t24-,26+/m0/s1. The largest absolute Gasteiger partial charge is 0.488 e. The Kier molecular flexibility index (Phi) is 11.2. The minimum Gasteiger partial charge on any atom is -0.488 e. The maximum absolute atomic E-state index is 11.8. The molecule has 0 aliphatic carbocycles. The van der Waals surface area contributed by atoms with Crippen molar-refractivity contribution >= 4 is 23.9 Å². The number of nitrogens with zero attached hydrogens (tertiary/aromatic N) is 2. The maximum atomic E-state index is 11.8. The summed E-state index contributed by atoms with van der Waals surface area (Å²) in [5.41, 5.74) is 5.40. The van der Waals surface area contributed by atoms with Gasteiger partial charge in [0.2, 0.25) is 5.88 Å². The number of benzene rings is 1. The first kappa shape index (κ1) is 34.7. The minimum absolute atomic E-state index is 0.121. The van der Waals surface area contributed by atoms with Crippen LogP contribution in [0.3, 0.4) is 0 Å². The van der Waals surface area contributed by atoms with Crippen molar-refractivity contribution in [3.63, 3.8) is 0 Å². The van der Waals surface area contributed by atoms with Crippen molar-refractivity contribution in [2.24, 2.45) is 0 Å². The molecule has 0 saturated carbocycles. The molecule has 1 aliphatic rings. The van der Waals surface area contributed by atoms with Gasteiger partial charge in [0.05, 0.1) is 43.0 Å². The normalized spacial score (nSPS) is 16.3. The number of aromatic amines is 1. The molecule has 45 heavy (non-hydrogen) atoms. The zero-order valence-electron chi connectivity index (χ0n) is 27.9. The molecule has 10 nitrogen and oxygen atoms in total. The third-order valence-electron chi connectivity index (χ3n) is 8.32. The lowest BCUT2D eigenvalue weighted by molar-refractivity contribution is 0.0920. The van der Waals surface area contributed by atoms with Gasteiger partial charge in [-0.2, -0.15) is 0 Å². The predicted octanol–water partition coefficient (Wildman–Crippen LogP) is 6.98. The third-order valence-corrected chi connectivity index (χ3v) is 15.4. The van der Waals surface area contributed by atoms with Crippen LogP contribution in [0.5, 0.6) is 17.4 Å². The van der Waals surface area contributed by atoms with Crippen molar-refractivity contribution in [3.05, 3.63) is 54.5 Å².